The minimum absolute atomic E-state index is 1.03. The zero-order valence-corrected chi connectivity index (χ0v) is 6.52. The summed E-state index contributed by atoms with van der Waals surface area (Å²) in [5.41, 5.74) is 1.19. The molecule has 1 heteroatoms. The van der Waals surface area contributed by atoms with E-state index in [-0.39, 0.29) is 0 Å². The SMILES string of the molecule is C=CC(=CC)N(C)CC. The number of rotatable bonds is 3. The largest absolute Gasteiger partial charge is 0.375 e. The summed E-state index contributed by atoms with van der Waals surface area (Å²) in [6.07, 6.45) is 3.92. The minimum Gasteiger partial charge on any atom is -0.375 e. The molecular weight excluding hydrogens is 110 g/mol. The van der Waals surface area contributed by atoms with Crippen LogP contribution in [0, 0.1) is 0 Å². The van der Waals surface area contributed by atoms with Crippen LogP contribution in [0.2, 0.25) is 0 Å². The molecule has 52 valence electrons. The molecule has 0 aromatic rings. The van der Waals surface area contributed by atoms with Crippen molar-refractivity contribution in [1.82, 2.24) is 4.90 Å². The molecule has 0 saturated carbocycles. The molecule has 0 N–H and O–H groups in total. The van der Waals surface area contributed by atoms with Crippen LogP contribution in [0.3, 0.4) is 0 Å². The third-order valence-electron chi connectivity index (χ3n) is 1.42. The predicted octanol–water partition coefficient (Wildman–Crippen LogP) is 2.03. The first-order chi connectivity index (χ1) is 4.26. The average molecular weight is 125 g/mol. The van der Waals surface area contributed by atoms with Crippen molar-refractivity contribution >= 4 is 0 Å². The van der Waals surface area contributed by atoms with Crippen LogP contribution in [-0.2, 0) is 0 Å². The van der Waals surface area contributed by atoms with Crippen molar-refractivity contribution in [3.05, 3.63) is 24.4 Å². The van der Waals surface area contributed by atoms with Crippen LogP contribution in [0.1, 0.15) is 13.8 Å². The van der Waals surface area contributed by atoms with Crippen molar-refractivity contribution in [2.75, 3.05) is 13.6 Å². The maximum atomic E-state index is 3.69. The standard InChI is InChI=1S/C8H15N/c1-5-8(6-2)9(4)7-3/h5-6H,1,7H2,2-4H3. The van der Waals surface area contributed by atoms with Crippen LogP contribution in [0.4, 0.5) is 0 Å². The second-order valence-corrected chi connectivity index (χ2v) is 1.93. The van der Waals surface area contributed by atoms with Crippen molar-refractivity contribution in [1.29, 1.82) is 0 Å². The summed E-state index contributed by atoms with van der Waals surface area (Å²) in [7, 11) is 2.05. The highest BCUT2D eigenvalue weighted by Crippen LogP contribution is 1.99. The minimum atomic E-state index is 1.03. The van der Waals surface area contributed by atoms with E-state index in [9.17, 15) is 0 Å². The molecule has 0 aromatic carbocycles. The second-order valence-electron chi connectivity index (χ2n) is 1.93. The monoisotopic (exact) mass is 125 g/mol. The molecule has 0 bridgehead atoms. The fourth-order valence-electron chi connectivity index (χ4n) is 0.677. The van der Waals surface area contributed by atoms with Crippen molar-refractivity contribution in [3.8, 4) is 0 Å². The van der Waals surface area contributed by atoms with Gasteiger partial charge in [0.15, 0.2) is 0 Å². The maximum absolute atomic E-state index is 3.69. The van der Waals surface area contributed by atoms with E-state index in [0.717, 1.165) is 6.54 Å². The highest BCUT2D eigenvalue weighted by molar-refractivity contribution is 5.12. The lowest BCUT2D eigenvalue weighted by Gasteiger charge is -2.16. The first-order valence-corrected chi connectivity index (χ1v) is 3.26. The zero-order chi connectivity index (χ0) is 7.28. The molecule has 0 fully saturated rings. The lowest BCUT2D eigenvalue weighted by molar-refractivity contribution is 0.455. The van der Waals surface area contributed by atoms with Gasteiger partial charge in [-0.05, 0) is 19.9 Å². The summed E-state index contributed by atoms with van der Waals surface area (Å²) in [5.74, 6) is 0. The van der Waals surface area contributed by atoms with E-state index in [1.54, 1.807) is 0 Å². The van der Waals surface area contributed by atoms with E-state index in [1.165, 1.54) is 5.70 Å². The fraction of sp³-hybridized carbons (Fsp3) is 0.500. The molecule has 0 amide bonds. The number of hydrogen-bond donors (Lipinski definition) is 0. The Morgan fingerprint density at radius 1 is 1.67 bits per heavy atom. The van der Waals surface area contributed by atoms with Gasteiger partial charge in [0.1, 0.15) is 0 Å². The Kier molecular flexibility index (Phi) is 3.85. The van der Waals surface area contributed by atoms with E-state index in [0.29, 0.717) is 0 Å². The first kappa shape index (κ1) is 8.28. The van der Waals surface area contributed by atoms with Gasteiger partial charge in [0.2, 0.25) is 0 Å². The lowest BCUT2D eigenvalue weighted by atomic mass is 10.3. The highest BCUT2D eigenvalue weighted by atomic mass is 15.1. The molecule has 0 aliphatic carbocycles. The van der Waals surface area contributed by atoms with Crippen LogP contribution in [-0.4, -0.2) is 18.5 Å². The van der Waals surface area contributed by atoms with Crippen LogP contribution in [0.5, 0.6) is 0 Å². The smallest absolute Gasteiger partial charge is 0.0314 e. The molecule has 0 unspecified atom stereocenters. The zero-order valence-electron chi connectivity index (χ0n) is 6.52. The highest BCUT2D eigenvalue weighted by Gasteiger charge is 1.92. The number of nitrogens with zero attached hydrogens (tertiary/aromatic N) is 1. The van der Waals surface area contributed by atoms with E-state index >= 15 is 0 Å². The Morgan fingerprint density at radius 2 is 2.22 bits per heavy atom. The van der Waals surface area contributed by atoms with E-state index in [2.05, 4.69) is 31.5 Å². The summed E-state index contributed by atoms with van der Waals surface area (Å²) in [6, 6.07) is 0. The normalized spacial score (nSPS) is 11.2. The van der Waals surface area contributed by atoms with Crippen LogP contribution >= 0.6 is 0 Å². The molecule has 0 spiro atoms. The van der Waals surface area contributed by atoms with Gasteiger partial charge < -0.3 is 4.90 Å². The quantitative estimate of drug-likeness (QED) is 0.522. The van der Waals surface area contributed by atoms with Crippen LogP contribution in [0.25, 0.3) is 0 Å². The predicted molar refractivity (Wildman–Crippen MR) is 42.3 cm³/mol. The van der Waals surface area contributed by atoms with Crippen molar-refractivity contribution in [2.45, 2.75) is 13.8 Å². The molecule has 0 aromatic heterocycles. The summed E-state index contributed by atoms with van der Waals surface area (Å²) in [6.45, 7) is 8.86. The average Bonchev–Trinajstić information content (AvgIpc) is 1.90. The summed E-state index contributed by atoms with van der Waals surface area (Å²) >= 11 is 0. The summed E-state index contributed by atoms with van der Waals surface area (Å²) in [5, 5.41) is 0. The molecule has 0 rings (SSSR count). The van der Waals surface area contributed by atoms with Gasteiger partial charge in [-0.1, -0.05) is 12.7 Å². The molecule has 0 heterocycles. The molecule has 0 aliphatic rings. The van der Waals surface area contributed by atoms with Gasteiger partial charge in [0, 0.05) is 19.3 Å². The van der Waals surface area contributed by atoms with Gasteiger partial charge in [-0.25, -0.2) is 0 Å². The topological polar surface area (TPSA) is 3.24 Å². The van der Waals surface area contributed by atoms with Gasteiger partial charge in [-0.3, -0.25) is 0 Å². The molecule has 1 nitrogen and oxygen atoms in total. The molecule has 0 atom stereocenters. The van der Waals surface area contributed by atoms with Gasteiger partial charge in [-0.2, -0.15) is 0 Å². The summed E-state index contributed by atoms with van der Waals surface area (Å²) in [4.78, 5) is 2.15. The number of hydrogen-bond acceptors (Lipinski definition) is 1. The van der Waals surface area contributed by atoms with Crippen molar-refractivity contribution in [2.24, 2.45) is 0 Å². The Hall–Kier alpha value is -0.720. The number of allylic oxidation sites excluding steroid dienone is 2. The molecule has 9 heavy (non-hydrogen) atoms. The van der Waals surface area contributed by atoms with Gasteiger partial charge in [0.25, 0.3) is 0 Å². The molecule has 0 aliphatic heterocycles. The van der Waals surface area contributed by atoms with E-state index in [1.807, 2.05) is 13.0 Å². The van der Waals surface area contributed by atoms with E-state index < -0.39 is 0 Å². The Balaban J connectivity index is 3.95. The first-order valence-electron chi connectivity index (χ1n) is 3.26. The maximum Gasteiger partial charge on any atom is 0.0314 e. The second kappa shape index (κ2) is 4.19. The lowest BCUT2D eigenvalue weighted by Crippen LogP contribution is -2.14. The van der Waals surface area contributed by atoms with Crippen molar-refractivity contribution in [3.63, 3.8) is 0 Å². The molecular formula is C8H15N. The molecule has 0 saturated heterocycles. The third-order valence-corrected chi connectivity index (χ3v) is 1.42. The van der Waals surface area contributed by atoms with Crippen molar-refractivity contribution < 1.29 is 0 Å². The number of likely N-dealkylation sites (N-methyl/N-ethyl adjacent to an activating group) is 1. The van der Waals surface area contributed by atoms with Crippen LogP contribution < -0.4 is 0 Å². The summed E-state index contributed by atoms with van der Waals surface area (Å²) < 4.78 is 0. The van der Waals surface area contributed by atoms with Gasteiger partial charge in [-0.15, -0.1) is 0 Å². The van der Waals surface area contributed by atoms with Crippen LogP contribution in [0.15, 0.2) is 24.4 Å². The Bertz CT molecular complexity index is 114. The Labute approximate surface area is 57.7 Å². The fourth-order valence-corrected chi connectivity index (χ4v) is 0.677. The molecule has 0 radical (unpaired) electrons. The Morgan fingerprint density at radius 3 is 2.33 bits per heavy atom. The third kappa shape index (κ3) is 2.36. The van der Waals surface area contributed by atoms with E-state index in [4.69, 9.17) is 0 Å². The van der Waals surface area contributed by atoms with Gasteiger partial charge in [0.05, 0.1) is 0 Å². The van der Waals surface area contributed by atoms with Gasteiger partial charge >= 0.3 is 0 Å².